The minimum atomic E-state index is 0. The third-order valence-corrected chi connectivity index (χ3v) is 4.91. The van der Waals surface area contributed by atoms with Crippen LogP contribution in [0, 0.1) is 0 Å². The molecule has 0 atom stereocenters. The summed E-state index contributed by atoms with van der Waals surface area (Å²) in [6.45, 7) is 4.74. The van der Waals surface area contributed by atoms with Crippen molar-refractivity contribution in [1.29, 1.82) is 0 Å². The molecule has 0 saturated carbocycles. The van der Waals surface area contributed by atoms with Gasteiger partial charge in [-0.2, -0.15) is 0 Å². The fraction of sp³-hybridized carbons (Fsp3) is 0.400. The Morgan fingerprint density at radius 2 is 1.23 bits per heavy atom. The number of nitrogens with zero attached hydrogens (tertiary/aromatic N) is 1. The maximum absolute atomic E-state index is 2.71. The first-order chi connectivity index (χ1) is 10.4. The van der Waals surface area contributed by atoms with Gasteiger partial charge in [-0.15, -0.1) is 12.4 Å². The Bertz CT molecular complexity index is 507. The minimum absolute atomic E-state index is 0. The maximum Gasteiger partial charge on any atom is 0.0712 e. The molecule has 1 fully saturated rings. The fourth-order valence-electron chi connectivity index (χ4n) is 3.87. The van der Waals surface area contributed by atoms with E-state index in [2.05, 4.69) is 72.5 Å². The highest BCUT2D eigenvalue weighted by Gasteiger charge is 2.38. The second-order valence-electron chi connectivity index (χ2n) is 5.99. The van der Waals surface area contributed by atoms with Crippen LogP contribution in [0.4, 0.5) is 0 Å². The topological polar surface area (TPSA) is 3.24 Å². The van der Waals surface area contributed by atoms with Gasteiger partial charge in [-0.1, -0.05) is 74.0 Å². The van der Waals surface area contributed by atoms with Gasteiger partial charge in [0, 0.05) is 0 Å². The SMILES string of the molecule is CCC(c1ccccc1)(c1ccccc1)N1CCCCC1.Cl. The first kappa shape index (κ1) is 17.1. The third kappa shape index (κ3) is 3.06. The van der Waals surface area contributed by atoms with Crippen LogP contribution in [-0.4, -0.2) is 18.0 Å². The summed E-state index contributed by atoms with van der Waals surface area (Å²) in [6, 6.07) is 22.1. The van der Waals surface area contributed by atoms with Gasteiger partial charge in [-0.25, -0.2) is 0 Å². The van der Waals surface area contributed by atoms with Crippen LogP contribution in [0.15, 0.2) is 60.7 Å². The Balaban J connectivity index is 0.00000176. The van der Waals surface area contributed by atoms with Crippen molar-refractivity contribution >= 4 is 12.4 Å². The molecule has 22 heavy (non-hydrogen) atoms. The van der Waals surface area contributed by atoms with Crippen LogP contribution in [0.5, 0.6) is 0 Å². The highest BCUT2D eigenvalue weighted by molar-refractivity contribution is 5.85. The lowest BCUT2D eigenvalue weighted by atomic mass is 9.78. The Kier molecular flexibility index (Phi) is 6.05. The summed E-state index contributed by atoms with van der Waals surface area (Å²) in [5.41, 5.74) is 2.89. The van der Waals surface area contributed by atoms with E-state index in [-0.39, 0.29) is 17.9 Å². The standard InChI is InChI=1S/C20H25N.ClH/c1-2-20(18-12-6-3-7-13-18,19-14-8-4-9-15-19)21-16-10-5-11-17-21;/h3-4,6-9,12-15H,2,5,10-11,16-17H2,1H3;1H. The molecule has 0 aromatic heterocycles. The van der Waals surface area contributed by atoms with Crippen molar-refractivity contribution in [2.24, 2.45) is 0 Å². The van der Waals surface area contributed by atoms with Gasteiger partial charge in [0.15, 0.2) is 0 Å². The van der Waals surface area contributed by atoms with Gasteiger partial charge in [0.1, 0.15) is 0 Å². The zero-order valence-corrected chi connectivity index (χ0v) is 14.2. The Labute approximate surface area is 140 Å². The molecule has 1 aliphatic heterocycles. The van der Waals surface area contributed by atoms with Crippen molar-refractivity contribution in [3.05, 3.63) is 71.8 Å². The lowest BCUT2D eigenvalue weighted by Gasteiger charge is -2.46. The molecule has 1 saturated heterocycles. The zero-order chi connectivity index (χ0) is 14.5. The van der Waals surface area contributed by atoms with Gasteiger partial charge < -0.3 is 0 Å². The number of rotatable bonds is 4. The number of hydrogen-bond donors (Lipinski definition) is 0. The average molecular weight is 316 g/mol. The molecule has 0 N–H and O–H groups in total. The van der Waals surface area contributed by atoms with Crippen LogP contribution in [0.25, 0.3) is 0 Å². The highest BCUT2D eigenvalue weighted by Crippen LogP contribution is 2.40. The average Bonchev–Trinajstić information content (AvgIpc) is 2.59. The van der Waals surface area contributed by atoms with Gasteiger partial charge in [-0.05, 0) is 43.5 Å². The highest BCUT2D eigenvalue weighted by atomic mass is 35.5. The Morgan fingerprint density at radius 1 is 0.773 bits per heavy atom. The predicted octanol–water partition coefficient (Wildman–Crippen LogP) is 5.25. The molecule has 0 amide bonds. The van der Waals surface area contributed by atoms with E-state index in [4.69, 9.17) is 0 Å². The van der Waals surface area contributed by atoms with E-state index in [0.717, 1.165) is 6.42 Å². The summed E-state index contributed by atoms with van der Waals surface area (Å²) < 4.78 is 0. The smallest absolute Gasteiger partial charge is 0.0712 e. The van der Waals surface area contributed by atoms with Gasteiger partial charge in [0.05, 0.1) is 5.54 Å². The summed E-state index contributed by atoms with van der Waals surface area (Å²) in [4.78, 5) is 2.71. The molecule has 2 aromatic rings. The van der Waals surface area contributed by atoms with E-state index in [0.29, 0.717) is 0 Å². The molecule has 0 radical (unpaired) electrons. The van der Waals surface area contributed by atoms with Crippen LogP contribution in [0.1, 0.15) is 43.7 Å². The third-order valence-electron chi connectivity index (χ3n) is 4.91. The molecule has 1 nitrogen and oxygen atoms in total. The van der Waals surface area contributed by atoms with Crippen molar-refractivity contribution in [1.82, 2.24) is 4.90 Å². The van der Waals surface area contributed by atoms with E-state index in [1.165, 1.54) is 43.5 Å². The monoisotopic (exact) mass is 315 g/mol. The molecule has 2 heteroatoms. The van der Waals surface area contributed by atoms with E-state index in [9.17, 15) is 0 Å². The molecule has 3 rings (SSSR count). The quantitative estimate of drug-likeness (QED) is 0.745. The minimum Gasteiger partial charge on any atom is -0.290 e. The van der Waals surface area contributed by atoms with Gasteiger partial charge in [0.2, 0.25) is 0 Å². The largest absolute Gasteiger partial charge is 0.290 e. The van der Waals surface area contributed by atoms with Crippen molar-refractivity contribution in [2.45, 2.75) is 38.1 Å². The van der Waals surface area contributed by atoms with Crippen LogP contribution >= 0.6 is 12.4 Å². The summed E-state index contributed by atoms with van der Waals surface area (Å²) in [7, 11) is 0. The second kappa shape index (κ2) is 7.80. The first-order valence-electron chi connectivity index (χ1n) is 8.24. The van der Waals surface area contributed by atoms with E-state index >= 15 is 0 Å². The molecular formula is C20H26ClN. The molecule has 118 valence electrons. The zero-order valence-electron chi connectivity index (χ0n) is 13.4. The Hall–Kier alpha value is -1.31. The van der Waals surface area contributed by atoms with E-state index in [1.807, 2.05) is 0 Å². The van der Waals surface area contributed by atoms with Crippen LogP contribution in [0.2, 0.25) is 0 Å². The number of likely N-dealkylation sites (tertiary alicyclic amines) is 1. The number of halogens is 1. The normalized spacial score (nSPS) is 16.0. The molecule has 1 aliphatic rings. The van der Waals surface area contributed by atoms with Crippen LogP contribution in [0.3, 0.4) is 0 Å². The van der Waals surface area contributed by atoms with Crippen molar-refractivity contribution in [3.63, 3.8) is 0 Å². The fourth-order valence-corrected chi connectivity index (χ4v) is 3.87. The number of piperidine rings is 1. The molecule has 0 spiro atoms. The number of hydrogen-bond acceptors (Lipinski definition) is 1. The summed E-state index contributed by atoms with van der Waals surface area (Å²) in [6.07, 6.45) is 5.13. The van der Waals surface area contributed by atoms with Crippen LogP contribution in [-0.2, 0) is 5.54 Å². The van der Waals surface area contributed by atoms with Crippen molar-refractivity contribution < 1.29 is 0 Å². The summed E-state index contributed by atoms with van der Waals surface area (Å²) in [5.74, 6) is 0. The predicted molar refractivity (Wildman–Crippen MR) is 96.6 cm³/mol. The van der Waals surface area contributed by atoms with Gasteiger partial charge >= 0.3 is 0 Å². The summed E-state index contributed by atoms with van der Waals surface area (Å²) in [5, 5.41) is 0. The van der Waals surface area contributed by atoms with E-state index < -0.39 is 0 Å². The first-order valence-corrected chi connectivity index (χ1v) is 8.24. The number of benzene rings is 2. The second-order valence-corrected chi connectivity index (χ2v) is 5.99. The summed E-state index contributed by atoms with van der Waals surface area (Å²) >= 11 is 0. The lowest BCUT2D eigenvalue weighted by Crippen LogP contribution is -2.49. The molecule has 0 aliphatic carbocycles. The van der Waals surface area contributed by atoms with Crippen LogP contribution < -0.4 is 0 Å². The van der Waals surface area contributed by atoms with Gasteiger partial charge in [0.25, 0.3) is 0 Å². The molecular weight excluding hydrogens is 290 g/mol. The van der Waals surface area contributed by atoms with Crippen molar-refractivity contribution in [3.8, 4) is 0 Å². The van der Waals surface area contributed by atoms with Crippen molar-refractivity contribution in [2.75, 3.05) is 13.1 Å². The van der Waals surface area contributed by atoms with Gasteiger partial charge in [-0.3, -0.25) is 4.90 Å². The molecule has 1 heterocycles. The molecule has 2 aromatic carbocycles. The van der Waals surface area contributed by atoms with E-state index in [1.54, 1.807) is 0 Å². The Morgan fingerprint density at radius 3 is 1.64 bits per heavy atom. The maximum atomic E-state index is 2.71. The molecule has 0 bridgehead atoms. The lowest BCUT2D eigenvalue weighted by molar-refractivity contribution is 0.0927. The molecule has 0 unspecified atom stereocenters.